The van der Waals surface area contributed by atoms with E-state index < -0.39 is 0 Å². The summed E-state index contributed by atoms with van der Waals surface area (Å²) in [7, 11) is 0. The fourth-order valence-electron chi connectivity index (χ4n) is 2.40. The van der Waals surface area contributed by atoms with E-state index in [4.69, 9.17) is 0 Å². The van der Waals surface area contributed by atoms with Gasteiger partial charge >= 0.3 is 0 Å². The van der Waals surface area contributed by atoms with Crippen molar-refractivity contribution in [1.29, 1.82) is 0 Å². The summed E-state index contributed by atoms with van der Waals surface area (Å²) in [4.78, 5) is 24.7. The fourth-order valence-corrected chi connectivity index (χ4v) is 2.40. The van der Waals surface area contributed by atoms with Crippen molar-refractivity contribution in [3.63, 3.8) is 0 Å². The Bertz CT molecular complexity index is 641. The van der Waals surface area contributed by atoms with Crippen molar-refractivity contribution in [2.75, 3.05) is 0 Å². The molecule has 0 heterocycles. The largest absolute Gasteiger partial charge is 0.507 e. The van der Waals surface area contributed by atoms with Gasteiger partial charge in [-0.15, -0.1) is 0 Å². The van der Waals surface area contributed by atoms with E-state index in [1.165, 1.54) is 6.07 Å². The molecule has 0 fully saturated rings. The van der Waals surface area contributed by atoms with Crippen LogP contribution in [0.1, 0.15) is 37.4 Å². The molecule has 3 rings (SSSR count). The Morgan fingerprint density at radius 1 is 0.833 bits per heavy atom. The van der Waals surface area contributed by atoms with Crippen molar-refractivity contribution >= 4 is 11.6 Å². The average molecular weight is 238 g/mol. The minimum atomic E-state index is -0.282. The molecule has 1 N–H and O–H groups in total. The topological polar surface area (TPSA) is 54.4 Å². The van der Waals surface area contributed by atoms with Crippen LogP contribution < -0.4 is 0 Å². The maximum Gasteiger partial charge on any atom is 0.198 e. The Balaban J connectivity index is 2.40. The molecule has 2 aromatic carbocycles. The standard InChI is InChI=1S/C15H10O3/c1-8-4-2-5-9-12(8)15(18)13-10(14(9)17)6-3-7-11(13)16/h2-7,16H,1H3. The van der Waals surface area contributed by atoms with Gasteiger partial charge in [0.15, 0.2) is 11.6 Å². The number of aromatic hydroxyl groups is 1. The molecule has 2 aromatic rings. The number of rotatable bonds is 0. The number of fused-ring (bicyclic) bond motifs is 2. The van der Waals surface area contributed by atoms with E-state index in [1.54, 1.807) is 37.3 Å². The zero-order chi connectivity index (χ0) is 12.9. The number of carbonyl (C=O) groups excluding carboxylic acids is 2. The second-order valence-corrected chi connectivity index (χ2v) is 4.36. The highest BCUT2D eigenvalue weighted by Gasteiger charge is 2.32. The molecule has 3 nitrogen and oxygen atoms in total. The lowest BCUT2D eigenvalue weighted by atomic mass is 9.82. The van der Waals surface area contributed by atoms with Crippen LogP contribution in [0.4, 0.5) is 0 Å². The third kappa shape index (κ3) is 1.24. The van der Waals surface area contributed by atoms with Crippen LogP contribution in [0, 0.1) is 6.92 Å². The van der Waals surface area contributed by atoms with Gasteiger partial charge in [0.05, 0.1) is 5.56 Å². The second-order valence-electron chi connectivity index (χ2n) is 4.36. The molecular weight excluding hydrogens is 228 g/mol. The maximum absolute atomic E-state index is 12.4. The molecule has 0 radical (unpaired) electrons. The van der Waals surface area contributed by atoms with Crippen LogP contribution in [-0.4, -0.2) is 16.7 Å². The highest BCUT2D eigenvalue weighted by molar-refractivity contribution is 6.29. The molecule has 88 valence electrons. The number of aryl methyl sites for hydroxylation is 1. The quantitative estimate of drug-likeness (QED) is 0.654. The van der Waals surface area contributed by atoms with Crippen LogP contribution in [-0.2, 0) is 0 Å². The molecule has 0 saturated carbocycles. The second kappa shape index (κ2) is 3.53. The summed E-state index contributed by atoms with van der Waals surface area (Å²) >= 11 is 0. The zero-order valence-corrected chi connectivity index (χ0v) is 9.73. The zero-order valence-electron chi connectivity index (χ0n) is 9.73. The van der Waals surface area contributed by atoms with E-state index in [-0.39, 0.29) is 28.4 Å². The van der Waals surface area contributed by atoms with Crippen LogP contribution in [0.15, 0.2) is 36.4 Å². The van der Waals surface area contributed by atoms with Gasteiger partial charge in [0, 0.05) is 16.7 Å². The molecule has 3 heteroatoms. The predicted octanol–water partition coefficient (Wildman–Crippen LogP) is 2.48. The molecule has 0 aromatic heterocycles. The first kappa shape index (κ1) is 10.7. The van der Waals surface area contributed by atoms with Gasteiger partial charge in [-0.3, -0.25) is 9.59 Å². The van der Waals surface area contributed by atoms with Crippen molar-refractivity contribution in [3.05, 3.63) is 64.2 Å². The number of benzene rings is 2. The van der Waals surface area contributed by atoms with E-state index in [1.807, 2.05) is 0 Å². The monoisotopic (exact) mass is 238 g/mol. The Labute approximate surface area is 104 Å². The van der Waals surface area contributed by atoms with Gasteiger partial charge in [-0.2, -0.15) is 0 Å². The van der Waals surface area contributed by atoms with Crippen LogP contribution in [0.5, 0.6) is 5.75 Å². The Morgan fingerprint density at radius 3 is 2.17 bits per heavy atom. The van der Waals surface area contributed by atoms with Gasteiger partial charge in [0.25, 0.3) is 0 Å². The molecule has 0 bridgehead atoms. The summed E-state index contributed by atoms with van der Waals surface area (Å²) in [5, 5.41) is 9.79. The maximum atomic E-state index is 12.4. The summed E-state index contributed by atoms with van der Waals surface area (Å²) in [6.45, 7) is 1.79. The predicted molar refractivity (Wildman–Crippen MR) is 66.2 cm³/mol. The van der Waals surface area contributed by atoms with Crippen molar-refractivity contribution in [2.24, 2.45) is 0 Å². The molecule has 0 unspecified atom stereocenters. The molecule has 18 heavy (non-hydrogen) atoms. The molecule has 0 saturated heterocycles. The average Bonchev–Trinajstić information content (AvgIpc) is 2.35. The Morgan fingerprint density at radius 2 is 1.44 bits per heavy atom. The molecule has 0 atom stereocenters. The number of carbonyl (C=O) groups is 2. The summed E-state index contributed by atoms with van der Waals surface area (Å²) in [6, 6.07) is 9.76. The number of hydrogen-bond donors (Lipinski definition) is 1. The third-order valence-electron chi connectivity index (χ3n) is 3.26. The molecule has 0 spiro atoms. The number of hydrogen-bond acceptors (Lipinski definition) is 3. The lowest BCUT2D eigenvalue weighted by Gasteiger charge is -2.19. The Hall–Kier alpha value is -2.42. The van der Waals surface area contributed by atoms with Crippen molar-refractivity contribution < 1.29 is 14.7 Å². The van der Waals surface area contributed by atoms with Crippen molar-refractivity contribution in [2.45, 2.75) is 6.92 Å². The highest BCUT2D eigenvalue weighted by Crippen LogP contribution is 2.33. The van der Waals surface area contributed by atoms with Crippen LogP contribution in [0.3, 0.4) is 0 Å². The number of ketones is 2. The smallest absolute Gasteiger partial charge is 0.198 e. The van der Waals surface area contributed by atoms with Crippen LogP contribution in [0.25, 0.3) is 0 Å². The molecule has 0 amide bonds. The minimum Gasteiger partial charge on any atom is -0.507 e. The third-order valence-corrected chi connectivity index (χ3v) is 3.26. The molecule has 1 aliphatic carbocycles. The summed E-state index contributed by atoms with van der Waals surface area (Å²) in [5.74, 6) is -0.630. The van der Waals surface area contributed by atoms with E-state index in [2.05, 4.69) is 0 Å². The Kier molecular flexibility index (Phi) is 2.10. The lowest BCUT2D eigenvalue weighted by molar-refractivity contribution is 0.0976. The number of phenolic OH excluding ortho intramolecular Hbond substituents is 1. The van der Waals surface area contributed by atoms with Gasteiger partial charge in [-0.05, 0) is 18.6 Å². The first-order valence-electron chi connectivity index (χ1n) is 5.62. The van der Waals surface area contributed by atoms with Gasteiger partial charge in [-0.1, -0.05) is 30.3 Å². The minimum absolute atomic E-state index is 0.115. The lowest BCUT2D eigenvalue weighted by Crippen LogP contribution is -2.21. The van der Waals surface area contributed by atoms with Crippen LogP contribution in [0.2, 0.25) is 0 Å². The van der Waals surface area contributed by atoms with Gasteiger partial charge < -0.3 is 5.11 Å². The van der Waals surface area contributed by atoms with Crippen LogP contribution >= 0.6 is 0 Å². The number of phenols is 1. The van der Waals surface area contributed by atoms with E-state index in [0.29, 0.717) is 11.1 Å². The fraction of sp³-hybridized carbons (Fsp3) is 0.0667. The SMILES string of the molecule is Cc1cccc2c1C(=O)c1c(O)cccc1C2=O. The summed E-state index contributed by atoms with van der Waals surface area (Å²) < 4.78 is 0. The summed E-state index contributed by atoms with van der Waals surface area (Å²) in [6.07, 6.45) is 0. The molecule has 0 aliphatic heterocycles. The van der Waals surface area contributed by atoms with Crippen molar-refractivity contribution in [1.82, 2.24) is 0 Å². The first-order valence-corrected chi connectivity index (χ1v) is 5.62. The van der Waals surface area contributed by atoms with Gasteiger partial charge in [0.2, 0.25) is 0 Å². The highest BCUT2D eigenvalue weighted by atomic mass is 16.3. The van der Waals surface area contributed by atoms with E-state index >= 15 is 0 Å². The first-order chi connectivity index (χ1) is 8.61. The summed E-state index contributed by atoms with van der Waals surface area (Å²) in [5.41, 5.74) is 1.96. The van der Waals surface area contributed by atoms with E-state index in [0.717, 1.165) is 5.56 Å². The normalized spacial score (nSPS) is 13.2. The van der Waals surface area contributed by atoms with Gasteiger partial charge in [-0.25, -0.2) is 0 Å². The van der Waals surface area contributed by atoms with Crippen molar-refractivity contribution in [3.8, 4) is 5.75 Å². The van der Waals surface area contributed by atoms with Gasteiger partial charge in [0.1, 0.15) is 5.75 Å². The molecular formula is C15H10O3. The molecule has 1 aliphatic rings. The van der Waals surface area contributed by atoms with E-state index in [9.17, 15) is 14.7 Å².